The van der Waals surface area contributed by atoms with Gasteiger partial charge in [-0.3, -0.25) is 9.63 Å². The summed E-state index contributed by atoms with van der Waals surface area (Å²) in [5.74, 6) is -2.25. The van der Waals surface area contributed by atoms with E-state index in [0.717, 1.165) is 22.3 Å². The fourth-order valence-corrected chi connectivity index (χ4v) is 4.49. The van der Waals surface area contributed by atoms with Crippen LogP contribution in [0.3, 0.4) is 0 Å². The average molecular weight is 485 g/mol. The molecule has 2 aliphatic rings. The van der Waals surface area contributed by atoms with Crippen molar-refractivity contribution in [3.63, 3.8) is 0 Å². The predicted molar refractivity (Wildman–Crippen MR) is 123 cm³/mol. The van der Waals surface area contributed by atoms with Crippen LogP contribution in [0, 0.1) is 5.92 Å². The first-order chi connectivity index (χ1) is 17.0. The van der Waals surface area contributed by atoms with Crippen LogP contribution in [0.2, 0.25) is 0 Å². The van der Waals surface area contributed by atoms with Crippen LogP contribution in [0.1, 0.15) is 23.5 Å². The molecule has 2 aromatic rings. The number of hydrogen-bond acceptors (Lipinski definition) is 7. The van der Waals surface area contributed by atoms with E-state index in [1.807, 2.05) is 36.4 Å². The van der Waals surface area contributed by atoms with E-state index >= 15 is 0 Å². The second-order valence-electron chi connectivity index (χ2n) is 8.41. The van der Waals surface area contributed by atoms with Crippen LogP contribution in [0.15, 0.2) is 48.5 Å². The summed E-state index contributed by atoms with van der Waals surface area (Å²) in [4.78, 5) is 40.9. The summed E-state index contributed by atoms with van der Waals surface area (Å²) in [6, 6.07) is 16.2. The highest BCUT2D eigenvalue weighted by Crippen LogP contribution is 2.44. The van der Waals surface area contributed by atoms with Crippen LogP contribution in [-0.2, 0) is 28.6 Å². The number of aliphatic carboxylic acids is 1. The zero-order valence-corrected chi connectivity index (χ0v) is 19.3. The summed E-state index contributed by atoms with van der Waals surface area (Å²) < 4.78 is 15.8. The number of nitrogens with one attached hydrogen (secondary N) is 2. The van der Waals surface area contributed by atoms with Crippen LogP contribution in [0.25, 0.3) is 11.1 Å². The van der Waals surface area contributed by atoms with Gasteiger partial charge in [0.1, 0.15) is 12.7 Å². The minimum absolute atomic E-state index is 0.0482. The second kappa shape index (κ2) is 11.3. The van der Waals surface area contributed by atoms with Gasteiger partial charge >= 0.3 is 12.1 Å². The molecular formula is C25H28N2O8. The molecule has 10 heteroatoms. The maximum Gasteiger partial charge on any atom is 0.407 e. The minimum Gasteiger partial charge on any atom is -0.479 e. The number of rotatable bonds is 10. The van der Waals surface area contributed by atoms with Crippen LogP contribution < -0.4 is 10.8 Å². The number of carbonyl (C=O) groups is 3. The summed E-state index contributed by atoms with van der Waals surface area (Å²) >= 11 is 0. The number of carboxylic acid groups (broad SMARTS) is 1. The van der Waals surface area contributed by atoms with Crippen LogP contribution in [-0.4, -0.2) is 68.8 Å². The molecule has 0 radical (unpaired) electrons. The minimum atomic E-state index is -1.34. The van der Waals surface area contributed by atoms with Gasteiger partial charge in [-0.1, -0.05) is 48.5 Å². The van der Waals surface area contributed by atoms with Crippen molar-refractivity contribution >= 4 is 18.0 Å². The van der Waals surface area contributed by atoms with Crippen molar-refractivity contribution in [1.29, 1.82) is 0 Å². The van der Waals surface area contributed by atoms with Gasteiger partial charge in [0.2, 0.25) is 6.10 Å². The lowest BCUT2D eigenvalue weighted by atomic mass is 9.98. The number of alkyl carbamates (subject to hydrolysis) is 1. The van der Waals surface area contributed by atoms with Crippen molar-refractivity contribution in [1.82, 2.24) is 10.8 Å². The number of carboxylic acids is 1. The highest BCUT2D eigenvalue weighted by atomic mass is 16.7. The van der Waals surface area contributed by atoms with E-state index in [1.165, 1.54) is 7.11 Å². The monoisotopic (exact) mass is 484 g/mol. The fraction of sp³-hybridized carbons (Fsp3) is 0.400. The second-order valence-corrected chi connectivity index (χ2v) is 8.41. The molecule has 4 rings (SSSR count). The molecule has 1 aliphatic carbocycles. The van der Waals surface area contributed by atoms with E-state index in [2.05, 4.69) is 22.9 Å². The van der Waals surface area contributed by atoms with Crippen molar-refractivity contribution in [3.8, 4) is 11.1 Å². The molecule has 1 aliphatic heterocycles. The Morgan fingerprint density at radius 1 is 1.09 bits per heavy atom. The number of amides is 2. The molecule has 186 valence electrons. The smallest absolute Gasteiger partial charge is 0.407 e. The molecule has 2 amide bonds. The number of hydrogen-bond donors (Lipinski definition) is 3. The van der Waals surface area contributed by atoms with Gasteiger partial charge in [0.05, 0.1) is 6.61 Å². The first kappa shape index (κ1) is 24.6. The quantitative estimate of drug-likeness (QED) is 0.437. The number of hydroxylamine groups is 1. The first-order valence-corrected chi connectivity index (χ1v) is 11.4. The lowest BCUT2D eigenvalue weighted by molar-refractivity contribution is -0.168. The highest BCUT2D eigenvalue weighted by Gasteiger charge is 2.36. The van der Waals surface area contributed by atoms with Crippen molar-refractivity contribution in [3.05, 3.63) is 59.7 Å². The molecule has 3 atom stereocenters. The van der Waals surface area contributed by atoms with E-state index in [0.29, 0.717) is 13.0 Å². The molecule has 1 fully saturated rings. The Morgan fingerprint density at radius 3 is 2.37 bits per heavy atom. The summed E-state index contributed by atoms with van der Waals surface area (Å²) in [5.41, 5.74) is 6.65. The van der Waals surface area contributed by atoms with Crippen LogP contribution in [0.5, 0.6) is 0 Å². The summed E-state index contributed by atoms with van der Waals surface area (Å²) in [5, 5.41) is 11.8. The van der Waals surface area contributed by atoms with Gasteiger partial charge in [0, 0.05) is 32.1 Å². The van der Waals surface area contributed by atoms with Crippen molar-refractivity contribution in [2.24, 2.45) is 5.92 Å². The van der Waals surface area contributed by atoms with Crippen LogP contribution in [0.4, 0.5) is 4.79 Å². The van der Waals surface area contributed by atoms with Gasteiger partial charge < -0.3 is 24.6 Å². The Labute approximate surface area is 202 Å². The van der Waals surface area contributed by atoms with Crippen molar-refractivity contribution in [2.45, 2.75) is 24.5 Å². The van der Waals surface area contributed by atoms with Gasteiger partial charge in [-0.05, 0) is 28.7 Å². The van der Waals surface area contributed by atoms with Gasteiger partial charge in [0.25, 0.3) is 5.91 Å². The number of methoxy groups -OCH3 is 1. The molecule has 3 N–H and O–H groups in total. The van der Waals surface area contributed by atoms with E-state index < -0.39 is 30.2 Å². The number of fused-ring (bicyclic) bond motifs is 3. The molecule has 0 bridgehead atoms. The highest BCUT2D eigenvalue weighted by molar-refractivity contribution is 5.81. The molecule has 35 heavy (non-hydrogen) atoms. The molecule has 10 nitrogen and oxygen atoms in total. The van der Waals surface area contributed by atoms with E-state index in [1.54, 1.807) is 0 Å². The van der Waals surface area contributed by atoms with Crippen molar-refractivity contribution in [2.75, 3.05) is 33.5 Å². The van der Waals surface area contributed by atoms with E-state index in [-0.39, 0.29) is 31.6 Å². The fourth-order valence-electron chi connectivity index (χ4n) is 4.49. The third kappa shape index (κ3) is 5.61. The number of benzene rings is 2. The molecule has 1 heterocycles. The predicted octanol–water partition coefficient (Wildman–Crippen LogP) is 2.08. The Morgan fingerprint density at radius 2 is 1.74 bits per heavy atom. The Balaban J connectivity index is 1.27. The summed E-state index contributed by atoms with van der Waals surface area (Å²) in [7, 11) is 1.33. The average Bonchev–Trinajstić information content (AvgIpc) is 3.46. The normalized spacial score (nSPS) is 19.5. The maximum atomic E-state index is 12.4. The molecule has 0 saturated carbocycles. The zero-order chi connectivity index (χ0) is 24.8. The molecule has 3 unspecified atom stereocenters. The molecule has 0 spiro atoms. The standard InChI is InChI=1S/C25H28N2O8/c1-32-14-21(24(29)30)35-27-23(28)22-15(10-11-33-22)12-26-25(31)34-13-20-18-8-4-2-6-16(18)17-7-3-5-9-19(17)20/h2-9,15,20-22H,10-14H2,1H3,(H,26,31)(H,27,28)(H,29,30). The lowest BCUT2D eigenvalue weighted by Crippen LogP contribution is -2.45. The third-order valence-corrected chi connectivity index (χ3v) is 6.22. The number of carbonyl (C=O) groups excluding carboxylic acids is 2. The molecular weight excluding hydrogens is 456 g/mol. The zero-order valence-electron chi connectivity index (χ0n) is 19.3. The Hall–Kier alpha value is -3.47. The first-order valence-electron chi connectivity index (χ1n) is 11.4. The molecule has 0 aromatic heterocycles. The summed E-state index contributed by atoms with van der Waals surface area (Å²) in [6.07, 6.45) is -2.27. The Kier molecular flexibility index (Phi) is 7.96. The molecule has 2 aromatic carbocycles. The van der Waals surface area contributed by atoms with Gasteiger partial charge in [-0.2, -0.15) is 0 Å². The largest absolute Gasteiger partial charge is 0.479 e. The third-order valence-electron chi connectivity index (χ3n) is 6.22. The van der Waals surface area contributed by atoms with E-state index in [9.17, 15) is 14.4 Å². The van der Waals surface area contributed by atoms with Gasteiger partial charge in [0.15, 0.2) is 0 Å². The SMILES string of the molecule is COCC(ONC(=O)C1OCCC1CNC(=O)OCC1c2ccccc2-c2ccccc21)C(=O)O. The van der Waals surface area contributed by atoms with Crippen LogP contribution >= 0.6 is 0 Å². The number of ether oxygens (including phenoxy) is 3. The topological polar surface area (TPSA) is 132 Å². The van der Waals surface area contributed by atoms with E-state index in [4.69, 9.17) is 24.2 Å². The van der Waals surface area contributed by atoms with Gasteiger partial charge in [-0.15, -0.1) is 0 Å². The summed E-state index contributed by atoms with van der Waals surface area (Å²) in [6.45, 7) is 0.452. The van der Waals surface area contributed by atoms with Crippen molar-refractivity contribution < 1.29 is 38.5 Å². The molecule has 1 saturated heterocycles. The van der Waals surface area contributed by atoms with Gasteiger partial charge in [-0.25, -0.2) is 15.1 Å². The maximum absolute atomic E-state index is 12.4. The lowest BCUT2D eigenvalue weighted by Gasteiger charge is -2.20. The Bertz CT molecular complexity index is 1030.